The molecule has 6 nitrogen and oxygen atoms in total. The Bertz CT molecular complexity index is 869. The first-order chi connectivity index (χ1) is 11.3. The maximum absolute atomic E-state index is 12.5. The molecule has 0 fully saturated rings. The first kappa shape index (κ1) is 16.5. The number of hydrogen-bond acceptors (Lipinski definition) is 6. The summed E-state index contributed by atoms with van der Waals surface area (Å²) in [6.45, 7) is 1.77. The van der Waals surface area contributed by atoms with Crippen LogP contribution in [0.1, 0.15) is 24.4 Å². The molecule has 0 saturated carbocycles. The van der Waals surface area contributed by atoms with Crippen molar-refractivity contribution in [2.24, 2.45) is 0 Å². The zero-order valence-electron chi connectivity index (χ0n) is 12.2. The van der Waals surface area contributed by atoms with Gasteiger partial charge in [-0.25, -0.2) is 24.9 Å². The molecule has 3 aromatic rings. The van der Waals surface area contributed by atoms with E-state index in [-0.39, 0.29) is 6.04 Å². The number of hydrogen-bond donors (Lipinski definition) is 1. The molecule has 0 bridgehead atoms. The highest BCUT2D eigenvalue weighted by molar-refractivity contribution is 9.10. The third-order valence-electron chi connectivity index (χ3n) is 3.23. The Kier molecular flexibility index (Phi) is 4.31. The second-order valence-electron chi connectivity index (χ2n) is 4.95. The first-order valence-corrected chi connectivity index (χ1v) is 7.56. The SMILES string of the molecule is C[C@@H](Nc1ncnc2ncc(Br)cc12)c1cnc(C(F)(F)F)nc1. The van der Waals surface area contributed by atoms with Gasteiger partial charge in [-0.1, -0.05) is 0 Å². The highest BCUT2D eigenvalue weighted by Crippen LogP contribution is 2.27. The number of fused-ring (bicyclic) bond motifs is 1. The van der Waals surface area contributed by atoms with Gasteiger partial charge in [0.1, 0.15) is 12.1 Å². The van der Waals surface area contributed by atoms with Crippen molar-refractivity contribution >= 4 is 32.8 Å². The van der Waals surface area contributed by atoms with E-state index in [0.717, 1.165) is 16.9 Å². The fourth-order valence-corrected chi connectivity index (χ4v) is 2.36. The van der Waals surface area contributed by atoms with Crippen molar-refractivity contribution in [3.63, 3.8) is 0 Å². The van der Waals surface area contributed by atoms with Gasteiger partial charge in [0.25, 0.3) is 0 Å². The lowest BCUT2D eigenvalue weighted by Gasteiger charge is -2.16. The summed E-state index contributed by atoms with van der Waals surface area (Å²) in [6, 6.07) is 1.45. The van der Waals surface area contributed by atoms with Crippen molar-refractivity contribution in [1.82, 2.24) is 24.9 Å². The van der Waals surface area contributed by atoms with Gasteiger partial charge in [-0.2, -0.15) is 13.2 Å². The molecule has 3 rings (SSSR count). The van der Waals surface area contributed by atoms with Gasteiger partial charge in [0, 0.05) is 28.6 Å². The van der Waals surface area contributed by atoms with Gasteiger partial charge in [0.15, 0.2) is 5.65 Å². The number of nitrogens with one attached hydrogen (secondary N) is 1. The van der Waals surface area contributed by atoms with Gasteiger partial charge in [-0.3, -0.25) is 0 Å². The second-order valence-corrected chi connectivity index (χ2v) is 5.87. The van der Waals surface area contributed by atoms with E-state index >= 15 is 0 Å². The summed E-state index contributed by atoms with van der Waals surface area (Å²) in [5.41, 5.74) is 1.00. The molecule has 1 atom stereocenters. The molecule has 0 aliphatic carbocycles. The van der Waals surface area contributed by atoms with Crippen LogP contribution in [0.4, 0.5) is 19.0 Å². The van der Waals surface area contributed by atoms with Crippen LogP contribution in [0.25, 0.3) is 11.0 Å². The van der Waals surface area contributed by atoms with Crippen molar-refractivity contribution in [3.8, 4) is 0 Å². The third-order valence-corrected chi connectivity index (χ3v) is 3.67. The topological polar surface area (TPSA) is 76.5 Å². The highest BCUT2D eigenvalue weighted by Gasteiger charge is 2.34. The van der Waals surface area contributed by atoms with Gasteiger partial charge in [0.2, 0.25) is 5.82 Å². The molecule has 10 heteroatoms. The molecule has 0 aromatic carbocycles. The monoisotopic (exact) mass is 398 g/mol. The summed E-state index contributed by atoms with van der Waals surface area (Å²) in [4.78, 5) is 19.1. The van der Waals surface area contributed by atoms with Crippen molar-refractivity contribution in [1.29, 1.82) is 0 Å². The number of nitrogens with zero attached hydrogens (tertiary/aromatic N) is 5. The van der Waals surface area contributed by atoms with Crippen LogP contribution in [0.15, 0.2) is 35.5 Å². The summed E-state index contributed by atoms with van der Waals surface area (Å²) >= 11 is 3.33. The lowest BCUT2D eigenvalue weighted by Crippen LogP contribution is -2.14. The van der Waals surface area contributed by atoms with Crippen LogP contribution in [0.3, 0.4) is 0 Å². The number of aromatic nitrogens is 5. The maximum Gasteiger partial charge on any atom is 0.451 e. The Morgan fingerprint density at radius 2 is 1.75 bits per heavy atom. The summed E-state index contributed by atoms with van der Waals surface area (Å²) in [6.07, 6.45) is 0.708. The molecular formula is C14H10BrF3N6. The van der Waals surface area contributed by atoms with Crippen LogP contribution in [0, 0.1) is 0 Å². The molecule has 124 valence electrons. The predicted molar refractivity (Wildman–Crippen MR) is 84.1 cm³/mol. The van der Waals surface area contributed by atoms with Crippen LogP contribution in [0.5, 0.6) is 0 Å². The molecule has 0 spiro atoms. The average molecular weight is 399 g/mol. The molecule has 1 N–H and O–H groups in total. The molecule has 0 amide bonds. The molecule has 0 saturated heterocycles. The van der Waals surface area contributed by atoms with Crippen LogP contribution >= 0.6 is 15.9 Å². The minimum absolute atomic E-state index is 0.357. The van der Waals surface area contributed by atoms with Gasteiger partial charge in [-0.15, -0.1) is 0 Å². The first-order valence-electron chi connectivity index (χ1n) is 6.76. The van der Waals surface area contributed by atoms with E-state index in [1.165, 1.54) is 6.33 Å². The Morgan fingerprint density at radius 1 is 1.04 bits per heavy atom. The Balaban J connectivity index is 1.87. The number of halogens is 4. The number of pyridine rings is 1. The van der Waals surface area contributed by atoms with Crippen molar-refractivity contribution in [3.05, 3.63) is 46.8 Å². The Hall–Kier alpha value is -2.36. The zero-order valence-corrected chi connectivity index (χ0v) is 13.8. The van der Waals surface area contributed by atoms with E-state index in [0.29, 0.717) is 22.4 Å². The minimum Gasteiger partial charge on any atom is -0.363 e. The average Bonchev–Trinajstić information content (AvgIpc) is 2.54. The Labute approximate surface area is 142 Å². The maximum atomic E-state index is 12.5. The lowest BCUT2D eigenvalue weighted by molar-refractivity contribution is -0.145. The molecule has 0 aliphatic heterocycles. The molecule has 3 heterocycles. The summed E-state index contributed by atoms with van der Waals surface area (Å²) < 4.78 is 38.3. The molecule has 0 radical (unpaired) electrons. The second kappa shape index (κ2) is 6.27. The number of alkyl halides is 3. The van der Waals surface area contributed by atoms with Gasteiger partial charge in [-0.05, 0) is 28.9 Å². The van der Waals surface area contributed by atoms with Crippen molar-refractivity contribution < 1.29 is 13.2 Å². The fourth-order valence-electron chi connectivity index (χ4n) is 2.03. The predicted octanol–water partition coefficient (Wildman–Crippen LogP) is 3.77. The summed E-state index contributed by atoms with van der Waals surface area (Å²) in [7, 11) is 0. The van der Waals surface area contributed by atoms with Crippen LogP contribution in [-0.2, 0) is 6.18 Å². The molecular weight excluding hydrogens is 389 g/mol. The standard InChI is InChI=1S/C14H10BrF3N6/c1-7(8-3-20-13(21-4-8)14(16,17)18)24-12-10-2-9(15)5-19-11(10)22-6-23-12/h2-7H,1H3,(H,19,22,23,24)/t7-/m1/s1. The quantitative estimate of drug-likeness (QED) is 0.723. The smallest absolute Gasteiger partial charge is 0.363 e. The lowest BCUT2D eigenvalue weighted by atomic mass is 10.2. The minimum atomic E-state index is -4.56. The van der Waals surface area contributed by atoms with E-state index in [4.69, 9.17) is 0 Å². The van der Waals surface area contributed by atoms with Crippen LogP contribution < -0.4 is 5.32 Å². The van der Waals surface area contributed by atoms with Gasteiger partial charge >= 0.3 is 6.18 Å². The summed E-state index contributed by atoms with van der Waals surface area (Å²) in [5.74, 6) is -0.653. The Morgan fingerprint density at radius 3 is 2.42 bits per heavy atom. The zero-order chi connectivity index (χ0) is 17.3. The van der Waals surface area contributed by atoms with Crippen LogP contribution in [-0.4, -0.2) is 24.9 Å². The van der Waals surface area contributed by atoms with Gasteiger partial charge in [0.05, 0.1) is 11.4 Å². The summed E-state index contributed by atoms with van der Waals surface area (Å²) in [5, 5.41) is 3.80. The van der Waals surface area contributed by atoms with E-state index < -0.39 is 12.0 Å². The molecule has 3 aromatic heterocycles. The fraction of sp³-hybridized carbons (Fsp3) is 0.214. The number of anilines is 1. The van der Waals surface area contributed by atoms with E-state index in [1.54, 1.807) is 19.2 Å². The largest absolute Gasteiger partial charge is 0.451 e. The number of rotatable bonds is 3. The van der Waals surface area contributed by atoms with Crippen molar-refractivity contribution in [2.75, 3.05) is 5.32 Å². The third kappa shape index (κ3) is 3.42. The van der Waals surface area contributed by atoms with E-state index in [9.17, 15) is 13.2 Å². The highest BCUT2D eigenvalue weighted by atomic mass is 79.9. The molecule has 0 unspecified atom stereocenters. The van der Waals surface area contributed by atoms with Crippen molar-refractivity contribution in [2.45, 2.75) is 19.1 Å². The molecule has 24 heavy (non-hydrogen) atoms. The van der Waals surface area contributed by atoms with E-state index in [1.807, 2.05) is 0 Å². The van der Waals surface area contributed by atoms with Crippen LogP contribution in [0.2, 0.25) is 0 Å². The normalized spacial score (nSPS) is 13.0. The molecule has 0 aliphatic rings. The van der Waals surface area contributed by atoms with E-state index in [2.05, 4.69) is 46.2 Å². The van der Waals surface area contributed by atoms with Gasteiger partial charge < -0.3 is 5.32 Å².